The van der Waals surface area contributed by atoms with Crippen LogP contribution >= 0.6 is 11.3 Å². The lowest BCUT2D eigenvalue weighted by molar-refractivity contribution is 0.0698. The van der Waals surface area contributed by atoms with E-state index in [-0.39, 0.29) is 5.56 Å². The molecule has 1 aromatic heterocycles. The SMILES string of the molecule is Cc1ccc(NC(=O)Nc2sc(C)cc2C(=O)O)cc1. The fourth-order valence-electron chi connectivity index (χ4n) is 1.67. The average Bonchev–Trinajstić information content (AvgIpc) is 2.73. The van der Waals surface area contributed by atoms with E-state index in [1.807, 2.05) is 19.1 Å². The van der Waals surface area contributed by atoms with Crippen LogP contribution in [0, 0.1) is 13.8 Å². The van der Waals surface area contributed by atoms with Gasteiger partial charge in [-0.05, 0) is 32.0 Å². The number of rotatable bonds is 3. The van der Waals surface area contributed by atoms with Gasteiger partial charge < -0.3 is 10.4 Å². The minimum atomic E-state index is -1.06. The Morgan fingerprint density at radius 2 is 1.75 bits per heavy atom. The second-order valence-electron chi connectivity index (χ2n) is 4.35. The molecule has 5 nitrogen and oxygen atoms in total. The maximum atomic E-state index is 11.8. The zero-order chi connectivity index (χ0) is 14.7. The van der Waals surface area contributed by atoms with Gasteiger partial charge in [-0.3, -0.25) is 5.32 Å². The number of anilines is 2. The first kappa shape index (κ1) is 14.1. The molecule has 0 saturated heterocycles. The molecule has 0 unspecified atom stereocenters. The second kappa shape index (κ2) is 5.75. The number of carboxylic acids is 1. The normalized spacial score (nSPS) is 10.1. The Labute approximate surface area is 120 Å². The molecule has 1 aromatic carbocycles. The highest BCUT2D eigenvalue weighted by Gasteiger charge is 2.15. The van der Waals surface area contributed by atoms with Crippen molar-refractivity contribution in [3.63, 3.8) is 0 Å². The van der Waals surface area contributed by atoms with Crippen molar-refractivity contribution in [1.82, 2.24) is 0 Å². The molecule has 3 N–H and O–H groups in total. The number of benzene rings is 1. The molecule has 2 amide bonds. The number of aromatic carboxylic acids is 1. The summed E-state index contributed by atoms with van der Waals surface area (Å²) in [5, 5.41) is 14.6. The number of thiophene rings is 1. The van der Waals surface area contributed by atoms with Crippen LogP contribution in [0.5, 0.6) is 0 Å². The Morgan fingerprint density at radius 1 is 1.10 bits per heavy atom. The molecule has 0 atom stereocenters. The number of nitrogens with one attached hydrogen (secondary N) is 2. The van der Waals surface area contributed by atoms with E-state index in [1.165, 1.54) is 17.4 Å². The van der Waals surface area contributed by atoms with Crippen molar-refractivity contribution in [1.29, 1.82) is 0 Å². The van der Waals surface area contributed by atoms with Gasteiger partial charge >= 0.3 is 12.0 Å². The van der Waals surface area contributed by atoms with Gasteiger partial charge in [0.15, 0.2) is 0 Å². The number of aryl methyl sites for hydroxylation is 2. The van der Waals surface area contributed by atoms with Gasteiger partial charge in [-0.15, -0.1) is 11.3 Å². The van der Waals surface area contributed by atoms with Crippen LogP contribution in [0.3, 0.4) is 0 Å². The Balaban J connectivity index is 2.08. The summed E-state index contributed by atoms with van der Waals surface area (Å²) in [6.07, 6.45) is 0. The largest absolute Gasteiger partial charge is 0.478 e. The van der Waals surface area contributed by atoms with E-state index in [9.17, 15) is 9.59 Å². The summed E-state index contributed by atoms with van der Waals surface area (Å²) in [6, 6.07) is 8.41. The minimum Gasteiger partial charge on any atom is -0.478 e. The quantitative estimate of drug-likeness (QED) is 0.806. The van der Waals surface area contributed by atoms with Gasteiger partial charge in [0, 0.05) is 10.6 Å². The number of hydrogen-bond acceptors (Lipinski definition) is 3. The minimum absolute atomic E-state index is 0.103. The molecule has 2 rings (SSSR count). The lowest BCUT2D eigenvalue weighted by Crippen LogP contribution is -2.19. The molecule has 20 heavy (non-hydrogen) atoms. The van der Waals surface area contributed by atoms with Crippen LogP contribution in [0.25, 0.3) is 0 Å². The number of carbonyl (C=O) groups is 2. The van der Waals surface area contributed by atoms with E-state index in [2.05, 4.69) is 10.6 Å². The highest BCUT2D eigenvalue weighted by atomic mass is 32.1. The summed E-state index contributed by atoms with van der Waals surface area (Å²) in [6.45, 7) is 3.75. The van der Waals surface area contributed by atoms with E-state index < -0.39 is 12.0 Å². The molecule has 0 radical (unpaired) electrons. The molecule has 0 fully saturated rings. The van der Waals surface area contributed by atoms with Gasteiger partial charge in [0.2, 0.25) is 0 Å². The van der Waals surface area contributed by atoms with Crippen LogP contribution in [0.4, 0.5) is 15.5 Å². The summed E-state index contributed by atoms with van der Waals surface area (Å²) in [5.74, 6) is -1.06. The maximum Gasteiger partial charge on any atom is 0.338 e. The molecule has 0 bridgehead atoms. The average molecular weight is 290 g/mol. The van der Waals surface area contributed by atoms with Crippen LogP contribution < -0.4 is 10.6 Å². The zero-order valence-corrected chi connectivity index (χ0v) is 11.9. The van der Waals surface area contributed by atoms with Gasteiger partial charge in [0.05, 0.1) is 5.56 Å². The second-order valence-corrected chi connectivity index (χ2v) is 5.61. The van der Waals surface area contributed by atoms with Crippen LogP contribution in [-0.4, -0.2) is 17.1 Å². The van der Waals surface area contributed by atoms with Crippen LogP contribution in [0.1, 0.15) is 20.8 Å². The number of urea groups is 1. The van der Waals surface area contributed by atoms with Crippen molar-refractivity contribution in [3.05, 3.63) is 46.3 Å². The van der Waals surface area contributed by atoms with Gasteiger partial charge in [-0.25, -0.2) is 9.59 Å². The third-order valence-electron chi connectivity index (χ3n) is 2.62. The standard InChI is InChI=1S/C14H14N2O3S/c1-8-3-5-10(6-4-8)15-14(19)16-12-11(13(17)18)7-9(2)20-12/h3-7H,1-2H3,(H,17,18)(H2,15,16,19). The van der Waals surface area contributed by atoms with Crippen molar-refractivity contribution in [2.24, 2.45) is 0 Å². The van der Waals surface area contributed by atoms with Crippen LogP contribution in [-0.2, 0) is 0 Å². The fraction of sp³-hybridized carbons (Fsp3) is 0.143. The Hall–Kier alpha value is -2.34. The van der Waals surface area contributed by atoms with Crippen molar-refractivity contribution in [3.8, 4) is 0 Å². The number of carboxylic acid groups (broad SMARTS) is 1. The van der Waals surface area contributed by atoms with Crippen molar-refractivity contribution in [2.45, 2.75) is 13.8 Å². The fourth-order valence-corrected chi connectivity index (χ4v) is 2.57. The van der Waals surface area contributed by atoms with Crippen molar-refractivity contribution in [2.75, 3.05) is 10.6 Å². The number of amides is 2. The lowest BCUT2D eigenvalue weighted by Gasteiger charge is -2.07. The molecule has 104 valence electrons. The first-order chi connectivity index (χ1) is 9.45. The van der Waals surface area contributed by atoms with Gasteiger partial charge in [-0.2, -0.15) is 0 Å². The van der Waals surface area contributed by atoms with Gasteiger partial charge in [-0.1, -0.05) is 17.7 Å². The summed E-state index contributed by atoms with van der Waals surface area (Å²) in [4.78, 5) is 23.7. The van der Waals surface area contributed by atoms with E-state index in [0.717, 1.165) is 10.4 Å². The number of hydrogen-bond donors (Lipinski definition) is 3. The zero-order valence-electron chi connectivity index (χ0n) is 11.1. The predicted molar refractivity (Wildman–Crippen MR) is 79.8 cm³/mol. The molecule has 0 aliphatic rings. The van der Waals surface area contributed by atoms with E-state index in [0.29, 0.717) is 10.7 Å². The lowest BCUT2D eigenvalue weighted by atomic mass is 10.2. The van der Waals surface area contributed by atoms with Crippen LogP contribution in [0.2, 0.25) is 0 Å². The monoisotopic (exact) mass is 290 g/mol. The first-order valence-electron chi connectivity index (χ1n) is 5.94. The molecule has 2 aromatic rings. The molecular formula is C14H14N2O3S. The highest BCUT2D eigenvalue weighted by molar-refractivity contribution is 7.16. The van der Waals surface area contributed by atoms with Gasteiger partial charge in [0.25, 0.3) is 0 Å². The smallest absolute Gasteiger partial charge is 0.338 e. The van der Waals surface area contributed by atoms with Gasteiger partial charge in [0.1, 0.15) is 5.00 Å². The number of carbonyl (C=O) groups excluding carboxylic acids is 1. The van der Waals surface area contributed by atoms with Crippen molar-refractivity contribution >= 4 is 34.0 Å². The summed E-state index contributed by atoms with van der Waals surface area (Å²) in [7, 11) is 0. The third-order valence-corrected chi connectivity index (χ3v) is 3.59. The Morgan fingerprint density at radius 3 is 2.35 bits per heavy atom. The topological polar surface area (TPSA) is 78.4 Å². The molecular weight excluding hydrogens is 276 g/mol. The molecule has 6 heteroatoms. The van der Waals surface area contributed by atoms with E-state index >= 15 is 0 Å². The Kier molecular flexibility index (Phi) is 4.05. The first-order valence-corrected chi connectivity index (χ1v) is 6.76. The summed E-state index contributed by atoms with van der Waals surface area (Å²) < 4.78 is 0. The van der Waals surface area contributed by atoms with Crippen LogP contribution in [0.15, 0.2) is 30.3 Å². The molecule has 0 saturated carbocycles. The summed E-state index contributed by atoms with van der Waals surface area (Å²) in [5.41, 5.74) is 1.85. The molecule has 0 aliphatic heterocycles. The molecule has 0 spiro atoms. The van der Waals surface area contributed by atoms with Crippen molar-refractivity contribution < 1.29 is 14.7 Å². The maximum absolute atomic E-state index is 11.8. The molecule has 1 heterocycles. The van der Waals surface area contributed by atoms with E-state index in [4.69, 9.17) is 5.11 Å². The Bertz CT molecular complexity index is 647. The third kappa shape index (κ3) is 3.36. The predicted octanol–water partition coefficient (Wildman–Crippen LogP) is 3.71. The highest BCUT2D eigenvalue weighted by Crippen LogP contribution is 2.27. The summed E-state index contributed by atoms with van der Waals surface area (Å²) >= 11 is 1.23. The molecule has 0 aliphatic carbocycles. The van der Waals surface area contributed by atoms with E-state index in [1.54, 1.807) is 19.1 Å².